The van der Waals surface area contributed by atoms with Gasteiger partial charge in [-0.15, -0.1) is 0 Å². The molecule has 2 aromatic rings. The van der Waals surface area contributed by atoms with Crippen molar-refractivity contribution in [1.82, 2.24) is 5.32 Å². The molecular weight excluding hydrogens is 306 g/mol. The van der Waals surface area contributed by atoms with Crippen molar-refractivity contribution in [1.29, 1.82) is 0 Å². The molecule has 1 N–H and O–H groups in total. The van der Waals surface area contributed by atoms with Gasteiger partial charge in [0.05, 0.1) is 13.7 Å². The molecule has 1 atom stereocenters. The minimum Gasteiger partial charge on any atom is -0.493 e. The normalized spacial score (nSPS) is 11.5. The number of hydrogen-bond acceptors (Lipinski definition) is 4. The minimum absolute atomic E-state index is 0.200. The predicted molar refractivity (Wildman–Crippen MR) is 92.8 cm³/mol. The largest absolute Gasteiger partial charge is 0.493 e. The Morgan fingerprint density at radius 2 is 1.67 bits per heavy atom. The van der Waals surface area contributed by atoms with E-state index in [1.54, 1.807) is 26.2 Å². The molecule has 0 radical (unpaired) electrons. The van der Waals surface area contributed by atoms with Gasteiger partial charge in [0.15, 0.2) is 17.6 Å². The van der Waals surface area contributed by atoms with Gasteiger partial charge >= 0.3 is 0 Å². The number of ether oxygens (including phenoxy) is 3. The summed E-state index contributed by atoms with van der Waals surface area (Å²) in [7, 11) is 1.57. The summed E-state index contributed by atoms with van der Waals surface area (Å²) in [6.07, 6.45) is -0.625. The maximum atomic E-state index is 12.1. The van der Waals surface area contributed by atoms with Gasteiger partial charge in [0.1, 0.15) is 12.4 Å². The third kappa shape index (κ3) is 4.91. The number of methoxy groups -OCH3 is 1. The van der Waals surface area contributed by atoms with E-state index in [0.29, 0.717) is 24.7 Å². The number of aryl methyl sites for hydroxylation is 1. The molecule has 0 saturated heterocycles. The summed E-state index contributed by atoms with van der Waals surface area (Å²) < 4.78 is 16.5. The lowest BCUT2D eigenvalue weighted by molar-refractivity contribution is -0.127. The van der Waals surface area contributed by atoms with E-state index in [-0.39, 0.29) is 5.91 Å². The van der Waals surface area contributed by atoms with Crippen LogP contribution in [0.4, 0.5) is 0 Å². The van der Waals surface area contributed by atoms with Gasteiger partial charge in [-0.2, -0.15) is 0 Å². The molecule has 0 aromatic heterocycles. The highest BCUT2D eigenvalue weighted by Crippen LogP contribution is 2.26. The van der Waals surface area contributed by atoms with Crippen LogP contribution in [-0.4, -0.2) is 32.3 Å². The molecule has 2 aromatic carbocycles. The molecule has 5 heteroatoms. The summed E-state index contributed by atoms with van der Waals surface area (Å²) in [5, 5.41) is 2.80. The van der Waals surface area contributed by atoms with Crippen LogP contribution in [0.15, 0.2) is 48.5 Å². The van der Waals surface area contributed by atoms with E-state index in [2.05, 4.69) is 5.32 Å². The topological polar surface area (TPSA) is 56.8 Å². The van der Waals surface area contributed by atoms with Gasteiger partial charge in [0.2, 0.25) is 0 Å². The summed E-state index contributed by atoms with van der Waals surface area (Å²) in [6, 6.07) is 15.0. The monoisotopic (exact) mass is 329 g/mol. The second-order valence-electron chi connectivity index (χ2n) is 5.32. The van der Waals surface area contributed by atoms with E-state index >= 15 is 0 Å². The summed E-state index contributed by atoms with van der Waals surface area (Å²) in [4.78, 5) is 12.1. The highest BCUT2D eigenvalue weighted by molar-refractivity contribution is 5.80. The van der Waals surface area contributed by atoms with E-state index in [9.17, 15) is 4.79 Å². The van der Waals surface area contributed by atoms with Crippen LogP contribution in [-0.2, 0) is 4.79 Å². The molecule has 0 bridgehead atoms. The first-order valence-electron chi connectivity index (χ1n) is 7.87. The number of nitrogens with one attached hydrogen (secondary N) is 1. The standard InChI is InChI=1S/C19H23NO4/c1-14-8-4-5-9-16(14)23-13-12-20-19(21)15(2)24-18-11-7-6-10-17(18)22-3/h4-11,15H,12-13H2,1-3H3,(H,20,21)/t15-/m0/s1. The Balaban J connectivity index is 1.77. The van der Waals surface area contributed by atoms with Crippen LogP contribution in [0.1, 0.15) is 12.5 Å². The third-order valence-electron chi connectivity index (χ3n) is 3.49. The quantitative estimate of drug-likeness (QED) is 0.757. The zero-order valence-corrected chi connectivity index (χ0v) is 14.2. The first-order valence-corrected chi connectivity index (χ1v) is 7.87. The van der Waals surface area contributed by atoms with E-state index in [4.69, 9.17) is 14.2 Å². The fourth-order valence-corrected chi connectivity index (χ4v) is 2.16. The van der Waals surface area contributed by atoms with Gasteiger partial charge in [-0.25, -0.2) is 0 Å². The molecule has 24 heavy (non-hydrogen) atoms. The van der Waals surface area contributed by atoms with Crippen molar-refractivity contribution in [2.24, 2.45) is 0 Å². The second kappa shape index (κ2) is 8.82. The van der Waals surface area contributed by atoms with Crippen molar-refractivity contribution in [3.05, 3.63) is 54.1 Å². The van der Waals surface area contributed by atoms with Crippen LogP contribution in [0.3, 0.4) is 0 Å². The van der Waals surface area contributed by atoms with Gasteiger partial charge in [-0.1, -0.05) is 30.3 Å². The van der Waals surface area contributed by atoms with Crippen LogP contribution in [0, 0.1) is 6.92 Å². The zero-order chi connectivity index (χ0) is 17.4. The van der Waals surface area contributed by atoms with Gasteiger partial charge in [0.25, 0.3) is 5.91 Å². The lowest BCUT2D eigenvalue weighted by Gasteiger charge is -2.16. The lowest BCUT2D eigenvalue weighted by Crippen LogP contribution is -2.38. The predicted octanol–water partition coefficient (Wildman–Crippen LogP) is 2.97. The van der Waals surface area contributed by atoms with Crippen molar-refractivity contribution in [2.45, 2.75) is 20.0 Å². The van der Waals surface area contributed by atoms with Crippen LogP contribution >= 0.6 is 0 Å². The summed E-state index contributed by atoms with van der Waals surface area (Å²) in [5.41, 5.74) is 1.07. The number of carbonyl (C=O) groups is 1. The Morgan fingerprint density at radius 3 is 2.33 bits per heavy atom. The fraction of sp³-hybridized carbons (Fsp3) is 0.316. The Kier molecular flexibility index (Phi) is 6.49. The fourth-order valence-electron chi connectivity index (χ4n) is 2.16. The van der Waals surface area contributed by atoms with E-state index in [1.807, 2.05) is 43.3 Å². The minimum atomic E-state index is -0.625. The number of rotatable bonds is 8. The van der Waals surface area contributed by atoms with E-state index in [1.165, 1.54) is 0 Å². The molecule has 0 aliphatic rings. The molecule has 0 spiro atoms. The molecule has 128 valence electrons. The maximum absolute atomic E-state index is 12.1. The molecule has 5 nitrogen and oxygen atoms in total. The van der Waals surface area contributed by atoms with Gasteiger partial charge < -0.3 is 19.5 Å². The second-order valence-corrected chi connectivity index (χ2v) is 5.32. The van der Waals surface area contributed by atoms with Gasteiger partial charge in [0, 0.05) is 0 Å². The molecule has 1 amide bonds. The van der Waals surface area contributed by atoms with Crippen molar-refractivity contribution < 1.29 is 19.0 Å². The summed E-state index contributed by atoms with van der Waals surface area (Å²) in [6.45, 7) is 4.49. The van der Waals surface area contributed by atoms with Crippen molar-refractivity contribution in [3.8, 4) is 17.2 Å². The van der Waals surface area contributed by atoms with Crippen LogP contribution in [0.2, 0.25) is 0 Å². The van der Waals surface area contributed by atoms with Crippen LogP contribution in [0.5, 0.6) is 17.2 Å². The lowest BCUT2D eigenvalue weighted by atomic mass is 10.2. The highest BCUT2D eigenvalue weighted by atomic mass is 16.5. The van der Waals surface area contributed by atoms with E-state index < -0.39 is 6.10 Å². The van der Waals surface area contributed by atoms with Gasteiger partial charge in [-0.05, 0) is 37.6 Å². The molecule has 0 aliphatic carbocycles. The average Bonchev–Trinajstić information content (AvgIpc) is 2.60. The van der Waals surface area contributed by atoms with Crippen molar-refractivity contribution in [2.75, 3.05) is 20.3 Å². The first-order chi connectivity index (χ1) is 11.6. The number of benzene rings is 2. The number of amides is 1. The number of carbonyl (C=O) groups excluding carboxylic acids is 1. The smallest absolute Gasteiger partial charge is 0.260 e. The van der Waals surface area contributed by atoms with Crippen molar-refractivity contribution in [3.63, 3.8) is 0 Å². The zero-order valence-electron chi connectivity index (χ0n) is 14.2. The highest BCUT2D eigenvalue weighted by Gasteiger charge is 2.16. The molecule has 0 heterocycles. The number of hydrogen-bond donors (Lipinski definition) is 1. The Morgan fingerprint density at radius 1 is 1.04 bits per heavy atom. The Labute approximate surface area is 142 Å². The van der Waals surface area contributed by atoms with Crippen LogP contribution in [0.25, 0.3) is 0 Å². The summed E-state index contributed by atoms with van der Waals surface area (Å²) >= 11 is 0. The molecule has 0 aliphatic heterocycles. The van der Waals surface area contributed by atoms with Crippen LogP contribution < -0.4 is 19.5 Å². The maximum Gasteiger partial charge on any atom is 0.260 e. The van der Waals surface area contributed by atoms with E-state index in [0.717, 1.165) is 11.3 Å². The first kappa shape index (κ1) is 17.7. The SMILES string of the molecule is COc1ccccc1O[C@@H](C)C(=O)NCCOc1ccccc1C. The third-order valence-corrected chi connectivity index (χ3v) is 3.49. The van der Waals surface area contributed by atoms with Crippen molar-refractivity contribution >= 4 is 5.91 Å². The molecule has 0 fully saturated rings. The molecule has 2 rings (SSSR count). The number of para-hydroxylation sites is 3. The van der Waals surface area contributed by atoms with Gasteiger partial charge in [-0.3, -0.25) is 4.79 Å². The Hall–Kier alpha value is -2.69. The molecule has 0 saturated carbocycles. The average molecular weight is 329 g/mol. The molecular formula is C19H23NO4. The molecule has 0 unspecified atom stereocenters. The Bertz CT molecular complexity index is 672. The summed E-state index contributed by atoms with van der Waals surface area (Å²) in [5.74, 6) is 1.76.